The Bertz CT molecular complexity index is 524. The van der Waals surface area contributed by atoms with Crippen LogP contribution >= 0.6 is 23.6 Å². The van der Waals surface area contributed by atoms with Crippen molar-refractivity contribution in [3.05, 3.63) is 34.0 Å². The lowest BCUT2D eigenvalue weighted by Crippen LogP contribution is -2.46. The quantitative estimate of drug-likeness (QED) is 0.455. The maximum Gasteiger partial charge on any atom is 0.270 e. The van der Waals surface area contributed by atoms with Gasteiger partial charge in [0, 0.05) is 16.8 Å². The summed E-state index contributed by atoms with van der Waals surface area (Å²) >= 11 is 6.70. The SMILES string of the molecule is C=CCNC(=S)NNC(=O)c1csc2c1CC[C@H](C)C2. The third-order valence-electron chi connectivity index (χ3n) is 3.34. The van der Waals surface area contributed by atoms with Crippen molar-refractivity contribution in [2.75, 3.05) is 6.54 Å². The van der Waals surface area contributed by atoms with E-state index in [-0.39, 0.29) is 5.91 Å². The van der Waals surface area contributed by atoms with Crippen molar-refractivity contribution in [1.82, 2.24) is 16.2 Å². The Hall–Kier alpha value is -1.40. The third kappa shape index (κ3) is 3.58. The van der Waals surface area contributed by atoms with Crippen molar-refractivity contribution in [2.24, 2.45) is 5.92 Å². The van der Waals surface area contributed by atoms with Gasteiger partial charge in [0.1, 0.15) is 0 Å². The first-order valence-corrected chi connectivity index (χ1v) is 7.95. The van der Waals surface area contributed by atoms with E-state index < -0.39 is 0 Å². The van der Waals surface area contributed by atoms with Gasteiger partial charge in [-0.05, 0) is 43.0 Å². The van der Waals surface area contributed by atoms with Gasteiger partial charge in [-0.3, -0.25) is 15.6 Å². The van der Waals surface area contributed by atoms with Crippen molar-refractivity contribution >= 4 is 34.6 Å². The maximum atomic E-state index is 12.2. The normalized spacial score (nSPS) is 16.9. The second kappa shape index (κ2) is 6.85. The van der Waals surface area contributed by atoms with Crippen molar-refractivity contribution in [2.45, 2.75) is 26.2 Å². The van der Waals surface area contributed by atoms with E-state index in [0.29, 0.717) is 17.6 Å². The molecule has 1 heterocycles. The zero-order chi connectivity index (χ0) is 14.5. The number of carbonyl (C=O) groups is 1. The topological polar surface area (TPSA) is 53.2 Å². The second-order valence-corrected chi connectivity index (χ2v) is 6.35. The molecule has 6 heteroatoms. The number of hydrogen-bond donors (Lipinski definition) is 3. The molecule has 1 amide bonds. The molecule has 0 aliphatic heterocycles. The van der Waals surface area contributed by atoms with Gasteiger partial charge >= 0.3 is 0 Å². The van der Waals surface area contributed by atoms with E-state index in [9.17, 15) is 4.79 Å². The Morgan fingerprint density at radius 3 is 3.15 bits per heavy atom. The molecule has 0 radical (unpaired) electrons. The van der Waals surface area contributed by atoms with Crippen LogP contribution in [0.1, 0.15) is 34.1 Å². The zero-order valence-electron chi connectivity index (χ0n) is 11.5. The van der Waals surface area contributed by atoms with Gasteiger partial charge in [0.15, 0.2) is 5.11 Å². The summed E-state index contributed by atoms with van der Waals surface area (Å²) < 4.78 is 0. The number of rotatable bonds is 3. The van der Waals surface area contributed by atoms with Crippen LogP contribution in [0.15, 0.2) is 18.0 Å². The van der Waals surface area contributed by atoms with E-state index in [1.54, 1.807) is 17.4 Å². The van der Waals surface area contributed by atoms with E-state index in [1.807, 2.05) is 5.38 Å². The van der Waals surface area contributed by atoms with Crippen LogP contribution in [0, 0.1) is 5.92 Å². The van der Waals surface area contributed by atoms with E-state index in [2.05, 4.69) is 29.7 Å². The van der Waals surface area contributed by atoms with Crippen LogP contribution in [-0.2, 0) is 12.8 Å². The minimum Gasteiger partial charge on any atom is -0.358 e. The molecule has 20 heavy (non-hydrogen) atoms. The molecule has 1 aromatic heterocycles. The van der Waals surface area contributed by atoms with E-state index in [1.165, 1.54) is 10.4 Å². The number of carbonyl (C=O) groups excluding carboxylic acids is 1. The number of thiophene rings is 1. The van der Waals surface area contributed by atoms with Crippen molar-refractivity contribution in [1.29, 1.82) is 0 Å². The number of thiocarbonyl (C=S) groups is 1. The Morgan fingerprint density at radius 2 is 2.40 bits per heavy atom. The van der Waals surface area contributed by atoms with Crippen molar-refractivity contribution < 1.29 is 4.79 Å². The van der Waals surface area contributed by atoms with Crippen LogP contribution in [0.25, 0.3) is 0 Å². The minimum atomic E-state index is -0.125. The number of amides is 1. The Balaban J connectivity index is 1.93. The standard InChI is InChI=1S/C14H19N3OS2/c1-3-6-15-14(19)17-16-13(18)11-8-20-12-7-9(2)4-5-10(11)12/h3,8-9H,1,4-7H2,2H3,(H,16,18)(H2,15,17,19)/t9-/m0/s1. The first kappa shape index (κ1) is 15.0. The molecule has 0 aromatic carbocycles. The number of hydrogen-bond acceptors (Lipinski definition) is 3. The van der Waals surface area contributed by atoms with Gasteiger partial charge < -0.3 is 5.32 Å². The first-order chi connectivity index (χ1) is 9.61. The molecule has 0 saturated carbocycles. The van der Waals surface area contributed by atoms with Gasteiger partial charge in [-0.25, -0.2) is 0 Å². The van der Waals surface area contributed by atoms with Crippen molar-refractivity contribution in [3.63, 3.8) is 0 Å². The summed E-state index contributed by atoms with van der Waals surface area (Å²) in [6, 6.07) is 0. The fourth-order valence-electron chi connectivity index (χ4n) is 2.26. The van der Waals surface area contributed by atoms with Gasteiger partial charge in [-0.1, -0.05) is 13.0 Å². The van der Waals surface area contributed by atoms with Crippen LogP contribution < -0.4 is 16.2 Å². The molecule has 1 aromatic rings. The highest BCUT2D eigenvalue weighted by Crippen LogP contribution is 2.32. The van der Waals surface area contributed by atoms with Crippen LogP contribution in [0.3, 0.4) is 0 Å². The molecule has 108 valence electrons. The minimum absolute atomic E-state index is 0.125. The smallest absolute Gasteiger partial charge is 0.270 e. The van der Waals surface area contributed by atoms with E-state index >= 15 is 0 Å². The zero-order valence-corrected chi connectivity index (χ0v) is 13.1. The lowest BCUT2D eigenvalue weighted by molar-refractivity contribution is 0.0943. The summed E-state index contributed by atoms with van der Waals surface area (Å²) in [4.78, 5) is 13.5. The highest BCUT2D eigenvalue weighted by atomic mass is 32.1. The van der Waals surface area contributed by atoms with E-state index in [4.69, 9.17) is 12.2 Å². The summed E-state index contributed by atoms with van der Waals surface area (Å²) in [5, 5.41) is 5.22. The lowest BCUT2D eigenvalue weighted by Gasteiger charge is -2.19. The Kier molecular flexibility index (Phi) is 5.14. The van der Waals surface area contributed by atoms with E-state index in [0.717, 1.165) is 24.8 Å². The molecule has 0 bridgehead atoms. The van der Waals surface area contributed by atoms with Crippen LogP contribution in [-0.4, -0.2) is 17.6 Å². The molecule has 0 unspecified atom stereocenters. The molecule has 0 saturated heterocycles. The predicted molar refractivity (Wildman–Crippen MR) is 86.9 cm³/mol. The Morgan fingerprint density at radius 1 is 1.60 bits per heavy atom. The van der Waals surface area contributed by atoms with Crippen LogP contribution in [0.2, 0.25) is 0 Å². The largest absolute Gasteiger partial charge is 0.358 e. The Labute approximate surface area is 128 Å². The monoisotopic (exact) mass is 309 g/mol. The summed E-state index contributed by atoms with van der Waals surface area (Å²) in [5.74, 6) is 0.589. The average Bonchev–Trinajstić information content (AvgIpc) is 2.85. The summed E-state index contributed by atoms with van der Waals surface area (Å²) in [5.41, 5.74) is 7.31. The molecule has 3 N–H and O–H groups in total. The molecule has 1 aliphatic rings. The lowest BCUT2D eigenvalue weighted by atomic mass is 9.88. The molecule has 0 fully saturated rings. The molecule has 4 nitrogen and oxygen atoms in total. The highest BCUT2D eigenvalue weighted by Gasteiger charge is 2.23. The molecular weight excluding hydrogens is 290 g/mol. The number of nitrogens with one attached hydrogen (secondary N) is 3. The molecular formula is C14H19N3OS2. The molecule has 2 rings (SSSR count). The summed E-state index contributed by atoms with van der Waals surface area (Å²) in [6.45, 7) is 6.41. The molecule has 0 spiro atoms. The van der Waals surface area contributed by atoms with Crippen molar-refractivity contribution in [3.8, 4) is 0 Å². The first-order valence-electron chi connectivity index (χ1n) is 6.66. The van der Waals surface area contributed by atoms with Gasteiger partial charge in [-0.2, -0.15) is 0 Å². The van der Waals surface area contributed by atoms with Gasteiger partial charge in [0.25, 0.3) is 5.91 Å². The highest BCUT2D eigenvalue weighted by molar-refractivity contribution is 7.80. The maximum absolute atomic E-state index is 12.2. The van der Waals surface area contributed by atoms with Crippen LogP contribution in [0.5, 0.6) is 0 Å². The van der Waals surface area contributed by atoms with Crippen LogP contribution in [0.4, 0.5) is 0 Å². The fourth-order valence-corrected chi connectivity index (χ4v) is 3.64. The molecule has 1 atom stereocenters. The predicted octanol–water partition coefficient (Wildman–Crippen LogP) is 2.17. The molecule has 1 aliphatic carbocycles. The number of fused-ring (bicyclic) bond motifs is 1. The summed E-state index contributed by atoms with van der Waals surface area (Å²) in [6.07, 6.45) is 4.92. The summed E-state index contributed by atoms with van der Waals surface area (Å²) in [7, 11) is 0. The van der Waals surface area contributed by atoms with Gasteiger partial charge in [0.05, 0.1) is 5.56 Å². The number of hydrazine groups is 1. The third-order valence-corrected chi connectivity index (χ3v) is 4.64. The van der Waals surface area contributed by atoms with Gasteiger partial charge in [0.2, 0.25) is 0 Å². The van der Waals surface area contributed by atoms with Gasteiger partial charge in [-0.15, -0.1) is 17.9 Å². The average molecular weight is 309 g/mol. The second-order valence-electron chi connectivity index (χ2n) is 4.98. The fraction of sp³-hybridized carbons (Fsp3) is 0.429.